The number of unbranched alkanes of at least 4 members (excludes halogenated alkanes) is 1. The highest BCUT2D eigenvalue weighted by molar-refractivity contribution is 7.85. The predicted octanol–water partition coefficient (Wildman–Crippen LogP) is 4.58. The van der Waals surface area contributed by atoms with E-state index in [-0.39, 0.29) is 13.0 Å². The minimum absolute atomic E-state index is 0.0717. The van der Waals surface area contributed by atoms with Crippen molar-refractivity contribution < 1.29 is 35.2 Å². The Morgan fingerprint density at radius 2 is 1.65 bits per heavy atom. The summed E-state index contributed by atoms with van der Waals surface area (Å²) in [5, 5.41) is 1.11. The van der Waals surface area contributed by atoms with Gasteiger partial charge >= 0.3 is 0 Å². The van der Waals surface area contributed by atoms with Crippen molar-refractivity contribution in [1.82, 2.24) is 0 Å². The Morgan fingerprint density at radius 3 is 2.38 bits per heavy atom. The summed E-state index contributed by atoms with van der Waals surface area (Å²) in [6.07, 6.45) is 2.36. The van der Waals surface area contributed by atoms with Gasteiger partial charge in [0.25, 0.3) is 5.01 Å². The molecule has 0 atom stereocenters. The number of aromatic nitrogens is 1. The van der Waals surface area contributed by atoms with E-state index in [2.05, 4.69) is 0 Å². The van der Waals surface area contributed by atoms with Crippen molar-refractivity contribution in [2.45, 2.75) is 19.4 Å². The van der Waals surface area contributed by atoms with Gasteiger partial charge in [0.1, 0.15) is 14.8 Å². The van der Waals surface area contributed by atoms with Crippen molar-refractivity contribution in [3.8, 4) is 16.9 Å². The maximum absolute atomic E-state index is 11.4. The van der Waals surface area contributed by atoms with Gasteiger partial charge in [0, 0.05) is 23.4 Å². The Hall–Kier alpha value is -3.00. The number of benzene rings is 3. The number of aryl methyl sites for hydroxylation is 1. The molecular weight excluding hydrogens is 596 g/mol. The fraction of sp³-hybridized carbons (Fsp3) is 0.222. The lowest BCUT2D eigenvalue weighted by Crippen LogP contribution is -2.38. The summed E-state index contributed by atoms with van der Waals surface area (Å²) in [5.41, 5.74) is 3.43. The van der Waals surface area contributed by atoms with Crippen LogP contribution in [0.1, 0.15) is 17.8 Å². The van der Waals surface area contributed by atoms with E-state index in [1.54, 1.807) is 22.8 Å². The Bertz CT molecular complexity index is 1800. The number of ether oxygens (including phenoxy) is 1. The third-order valence-electron chi connectivity index (χ3n) is 6.37. The number of thiazole rings is 1. The third-order valence-corrected chi connectivity index (χ3v) is 9.19. The van der Waals surface area contributed by atoms with E-state index in [4.69, 9.17) is 16.3 Å². The van der Waals surface area contributed by atoms with Crippen molar-refractivity contribution in [3.05, 3.63) is 82.6 Å². The Labute approximate surface area is 241 Å². The number of rotatable bonds is 10. The monoisotopic (exact) mass is 619 g/mol. The fourth-order valence-electron chi connectivity index (χ4n) is 4.52. The lowest BCUT2D eigenvalue weighted by atomic mass is 10.0. The third kappa shape index (κ3) is 6.82. The topological polar surface area (TPSA) is 131 Å². The molecular formula is C27H24ClN2O7S3-. The van der Waals surface area contributed by atoms with Gasteiger partial charge in [0.2, 0.25) is 11.4 Å². The first-order valence-corrected chi connectivity index (χ1v) is 16.7. The zero-order valence-corrected chi connectivity index (χ0v) is 24.2. The van der Waals surface area contributed by atoms with Crippen molar-refractivity contribution in [2.24, 2.45) is 0 Å². The Kier molecular flexibility index (Phi) is 8.18. The van der Waals surface area contributed by atoms with Gasteiger partial charge in [-0.15, -0.1) is 0 Å². The van der Waals surface area contributed by atoms with Crippen LogP contribution in [0.2, 0.25) is 5.02 Å². The lowest BCUT2D eigenvalue weighted by Gasteiger charge is -2.19. The van der Waals surface area contributed by atoms with Gasteiger partial charge in [-0.25, -0.2) is 16.8 Å². The maximum Gasteiger partial charge on any atom is 0.268 e. The van der Waals surface area contributed by atoms with Gasteiger partial charge in [-0.3, -0.25) is 0 Å². The van der Waals surface area contributed by atoms with E-state index < -0.39 is 31.7 Å². The summed E-state index contributed by atoms with van der Waals surface area (Å²) >= 11 is 7.60. The van der Waals surface area contributed by atoms with Crippen LogP contribution in [0, 0.1) is 0 Å². The molecule has 210 valence electrons. The highest BCUT2D eigenvalue weighted by Gasteiger charge is 2.29. The van der Waals surface area contributed by atoms with Crippen molar-refractivity contribution in [3.63, 3.8) is 0 Å². The van der Waals surface area contributed by atoms with E-state index >= 15 is 0 Å². The van der Waals surface area contributed by atoms with Gasteiger partial charge in [-0.2, -0.15) is 4.57 Å². The number of hydrogen-bond acceptors (Lipinski definition) is 9. The SMILES string of the molecule is O=S(=O)([O-])CCCCN1/C(=C/c2sc3ccc(Cl)cc3[n+]2CCS(=O)(=O)[O-])Oc2ccc(-c3ccccc3)cc21. The van der Waals surface area contributed by atoms with Gasteiger partial charge < -0.3 is 18.7 Å². The molecule has 0 amide bonds. The summed E-state index contributed by atoms with van der Waals surface area (Å²) in [6, 6.07) is 20.9. The number of fused-ring (bicyclic) bond motifs is 2. The molecule has 9 nitrogen and oxygen atoms in total. The molecule has 0 N–H and O–H groups in total. The summed E-state index contributed by atoms with van der Waals surface area (Å²) in [4.78, 5) is 1.91. The largest absolute Gasteiger partial charge is 0.748 e. The first-order valence-electron chi connectivity index (χ1n) is 12.3. The molecule has 0 spiro atoms. The predicted molar refractivity (Wildman–Crippen MR) is 153 cm³/mol. The molecule has 0 fully saturated rings. The fourth-order valence-corrected chi connectivity index (χ4v) is 6.74. The second kappa shape index (κ2) is 11.5. The maximum atomic E-state index is 11.4. The Balaban J connectivity index is 1.55. The number of anilines is 1. The molecule has 40 heavy (non-hydrogen) atoms. The molecule has 1 aliphatic rings. The first-order chi connectivity index (χ1) is 19.0. The normalized spacial score (nSPS) is 14.6. The molecule has 0 saturated heterocycles. The first kappa shape index (κ1) is 28.5. The summed E-state index contributed by atoms with van der Waals surface area (Å²) in [5.74, 6) is -0.0127. The standard InChI is InChI=1S/C27H25ClN2O7S3/c28-21-9-11-25-23(17-21)30(13-15-40(34,35)36)27(38-25)18-26-29(12-4-5-14-39(31,32)33)22-16-20(8-10-24(22)37-26)19-6-2-1-3-7-19/h1-3,6-11,16-18H,4-5,12-15H2,(H-,31,32,33,34,35,36)/p-1. The molecule has 1 aromatic heterocycles. The molecule has 0 unspecified atom stereocenters. The van der Waals surface area contributed by atoms with Gasteiger partial charge in [-0.05, 0) is 48.2 Å². The van der Waals surface area contributed by atoms with Crippen molar-refractivity contribution >= 4 is 65.2 Å². The second-order valence-electron chi connectivity index (χ2n) is 9.22. The van der Waals surface area contributed by atoms with Crippen LogP contribution in [0.15, 0.2) is 72.6 Å². The van der Waals surface area contributed by atoms with Gasteiger partial charge in [0.05, 0.1) is 27.6 Å². The number of hydrogen-bond donors (Lipinski definition) is 0. The quantitative estimate of drug-likeness (QED) is 0.143. The van der Waals surface area contributed by atoms with Crippen LogP contribution in [0.4, 0.5) is 5.69 Å². The van der Waals surface area contributed by atoms with Gasteiger partial charge in [0.15, 0.2) is 12.3 Å². The molecule has 4 aromatic rings. The zero-order valence-electron chi connectivity index (χ0n) is 21.0. The van der Waals surface area contributed by atoms with Crippen LogP contribution in [0.3, 0.4) is 0 Å². The zero-order chi connectivity index (χ0) is 28.5. The molecule has 5 rings (SSSR count). The molecule has 0 bridgehead atoms. The molecule has 0 radical (unpaired) electrons. The van der Waals surface area contributed by atoms with E-state index in [0.717, 1.165) is 21.5 Å². The van der Waals surface area contributed by atoms with Crippen molar-refractivity contribution in [2.75, 3.05) is 23.0 Å². The van der Waals surface area contributed by atoms with E-state index in [1.165, 1.54) is 11.3 Å². The summed E-state index contributed by atoms with van der Waals surface area (Å²) in [6.45, 7) is 0.302. The molecule has 0 aliphatic carbocycles. The molecule has 3 aromatic carbocycles. The number of nitrogens with zero attached hydrogens (tertiary/aromatic N) is 2. The van der Waals surface area contributed by atoms with Crippen LogP contribution in [0.25, 0.3) is 27.4 Å². The minimum atomic E-state index is -4.47. The lowest BCUT2D eigenvalue weighted by molar-refractivity contribution is -0.664. The van der Waals surface area contributed by atoms with E-state index in [1.807, 2.05) is 59.5 Å². The minimum Gasteiger partial charge on any atom is -0.748 e. The smallest absolute Gasteiger partial charge is 0.268 e. The molecule has 0 saturated carbocycles. The highest BCUT2D eigenvalue weighted by atomic mass is 35.5. The van der Waals surface area contributed by atoms with Crippen LogP contribution in [0.5, 0.6) is 5.75 Å². The van der Waals surface area contributed by atoms with Crippen LogP contribution >= 0.6 is 22.9 Å². The highest BCUT2D eigenvalue weighted by Crippen LogP contribution is 2.42. The summed E-state index contributed by atoms with van der Waals surface area (Å²) < 4.78 is 76.5. The average Bonchev–Trinajstić information content (AvgIpc) is 3.41. The van der Waals surface area contributed by atoms with Crippen LogP contribution < -0.4 is 14.2 Å². The molecule has 1 aliphatic heterocycles. The summed E-state index contributed by atoms with van der Waals surface area (Å²) in [7, 11) is -8.80. The van der Waals surface area contributed by atoms with Crippen molar-refractivity contribution in [1.29, 1.82) is 0 Å². The van der Waals surface area contributed by atoms with E-state index in [9.17, 15) is 25.9 Å². The average molecular weight is 620 g/mol. The van der Waals surface area contributed by atoms with Crippen LogP contribution in [-0.2, 0) is 26.8 Å². The molecule has 2 heterocycles. The second-order valence-corrected chi connectivity index (χ2v) is 13.8. The number of halogens is 1. The van der Waals surface area contributed by atoms with Gasteiger partial charge in [-0.1, -0.05) is 59.3 Å². The molecule has 13 heteroatoms. The Morgan fingerprint density at radius 1 is 0.900 bits per heavy atom. The van der Waals surface area contributed by atoms with E-state index in [0.29, 0.717) is 40.1 Å². The van der Waals surface area contributed by atoms with Crippen LogP contribution in [-0.4, -0.2) is 44.0 Å².